The predicted molar refractivity (Wildman–Crippen MR) is 100 cm³/mol. The van der Waals surface area contributed by atoms with Crippen molar-refractivity contribution in [3.8, 4) is 0 Å². The van der Waals surface area contributed by atoms with E-state index >= 15 is 0 Å². The van der Waals surface area contributed by atoms with Crippen molar-refractivity contribution >= 4 is 21.6 Å². The maximum Gasteiger partial charge on any atom is 0.289 e. The molecule has 1 atom stereocenters. The van der Waals surface area contributed by atoms with Crippen LogP contribution >= 0.6 is 0 Å². The molecule has 2 fully saturated rings. The summed E-state index contributed by atoms with van der Waals surface area (Å²) in [6.45, 7) is 1.47. The second-order valence-corrected chi connectivity index (χ2v) is 9.61. The van der Waals surface area contributed by atoms with Gasteiger partial charge >= 0.3 is 0 Å². The van der Waals surface area contributed by atoms with Gasteiger partial charge in [-0.2, -0.15) is 13.9 Å². The molecule has 2 aliphatic carbocycles. The van der Waals surface area contributed by atoms with Gasteiger partial charge in [-0.3, -0.25) is 9.48 Å². The van der Waals surface area contributed by atoms with E-state index in [4.69, 9.17) is 5.14 Å². The van der Waals surface area contributed by atoms with E-state index in [1.165, 1.54) is 13.0 Å². The lowest BCUT2D eigenvalue weighted by Gasteiger charge is -2.10. The standard InChI is InChI=1S/C18H19F4N5O3S/c1-9-13(15(28)25-10-3-6-24-12(7-10)31(23,29)30)27(26-14(9)16(2,19)20)8-11-17(4-5-17)18(11,21)22/h3,6-7,11H,4-5,8H2,1-2H3,(H2,23,29,30)(H,24,25,28). The van der Waals surface area contributed by atoms with Crippen LogP contribution in [-0.4, -0.2) is 35.0 Å². The molecule has 0 bridgehead atoms. The van der Waals surface area contributed by atoms with Crippen LogP contribution in [0.3, 0.4) is 0 Å². The van der Waals surface area contributed by atoms with E-state index in [1.807, 2.05) is 0 Å². The topological polar surface area (TPSA) is 120 Å². The van der Waals surface area contributed by atoms with Crippen molar-refractivity contribution in [3.63, 3.8) is 0 Å². The van der Waals surface area contributed by atoms with Gasteiger partial charge in [-0.15, -0.1) is 0 Å². The molecule has 168 valence electrons. The first kappa shape index (κ1) is 21.7. The second-order valence-electron chi connectivity index (χ2n) is 8.11. The summed E-state index contributed by atoms with van der Waals surface area (Å²) in [6.07, 6.45) is 1.78. The number of aromatic nitrogens is 3. The highest BCUT2D eigenvalue weighted by molar-refractivity contribution is 7.89. The molecule has 2 aromatic rings. The quantitative estimate of drug-likeness (QED) is 0.641. The molecule has 0 saturated heterocycles. The molecule has 4 rings (SSSR count). The van der Waals surface area contributed by atoms with Crippen molar-refractivity contribution in [1.29, 1.82) is 0 Å². The van der Waals surface area contributed by atoms with Crippen molar-refractivity contribution in [2.24, 2.45) is 16.5 Å². The molecule has 2 heterocycles. The average molecular weight is 461 g/mol. The first-order valence-corrected chi connectivity index (χ1v) is 10.9. The molecule has 13 heteroatoms. The van der Waals surface area contributed by atoms with Gasteiger partial charge in [-0.05, 0) is 25.8 Å². The minimum atomic E-state index is -4.15. The number of hydrogen-bond acceptors (Lipinski definition) is 5. The molecule has 2 aromatic heterocycles. The number of halogens is 4. The lowest BCUT2D eigenvalue weighted by atomic mass is 10.1. The third-order valence-corrected chi connectivity index (χ3v) is 6.74. The number of pyridine rings is 1. The number of nitrogens with two attached hydrogens (primary N) is 1. The summed E-state index contributed by atoms with van der Waals surface area (Å²) in [6, 6.07) is 2.26. The Balaban J connectivity index is 1.68. The number of carbonyl (C=O) groups excluding carboxylic acids is 1. The Kier molecular flexibility index (Phi) is 4.53. The number of anilines is 1. The minimum absolute atomic E-state index is 0.0172. The summed E-state index contributed by atoms with van der Waals surface area (Å²) in [5, 5.41) is 10.7. The lowest BCUT2D eigenvalue weighted by Crippen LogP contribution is -2.21. The fourth-order valence-electron chi connectivity index (χ4n) is 4.09. The number of primary sulfonamides is 1. The molecule has 0 radical (unpaired) electrons. The van der Waals surface area contributed by atoms with E-state index in [9.17, 15) is 30.8 Å². The van der Waals surface area contributed by atoms with Gasteiger partial charge in [0.1, 0.15) is 11.4 Å². The van der Waals surface area contributed by atoms with E-state index in [0.29, 0.717) is 19.8 Å². The largest absolute Gasteiger partial charge is 0.321 e. The van der Waals surface area contributed by atoms with Crippen LogP contribution in [0, 0.1) is 18.3 Å². The van der Waals surface area contributed by atoms with Crippen LogP contribution in [0.2, 0.25) is 0 Å². The van der Waals surface area contributed by atoms with Crippen LogP contribution in [0.4, 0.5) is 23.2 Å². The van der Waals surface area contributed by atoms with Crippen LogP contribution in [0.1, 0.15) is 41.5 Å². The monoisotopic (exact) mass is 461 g/mol. The van der Waals surface area contributed by atoms with Crippen molar-refractivity contribution in [3.05, 3.63) is 35.3 Å². The van der Waals surface area contributed by atoms with Gasteiger partial charge in [-0.25, -0.2) is 27.3 Å². The van der Waals surface area contributed by atoms with Crippen molar-refractivity contribution < 1.29 is 30.8 Å². The predicted octanol–water partition coefficient (Wildman–Crippen LogP) is 2.64. The van der Waals surface area contributed by atoms with E-state index in [2.05, 4.69) is 15.4 Å². The third-order valence-electron chi connectivity index (χ3n) is 5.93. The van der Waals surface area contributed by atoms with Gasteiger partial charge < -0.3 is 5.32 Å². The van der Waals surface area contributed by atoms with E-state index in [0.717, 1.165) is 16.9 Å². The van der Waals surface area contributed by atoms with Gasteiger partial charge in [0, 0.05) is 35.9 Å². The summed E-state index contributed by atoms with van der Waals surface area (Å²) < 4.78 is 80.1. The molecular weight excluding hydrogens is 442 g/mol. The highest BCUT2D eigenvalue weighted by atomic mass is 32.2. The van der Waals surface area contributed by atoms with Crippen LogP contribution in [0.15, 0.2) is 23.4 Å². The van der Waals surface area contributed by atoms with Crippen LogP contribution < -0.4 is 10.5 Å². The number of nitrogens with one attached hydrogen (secondary N) is 1. The number of rotatable bonds is 6. The summed E-state index contributed by atoms with van der Waals surface area (Å²) >= 11 is 0. The zero-order chi connectivity index (χ0) is 23.0. The highest BCUT2D eigenvalue weighted by Crippen LogP contribution is 2.80. The van der Waals surface area contributed by atoms with Crippen LogP contribution in [0.25, 0.3) is 0 Å². The molecule has 2 saturated carbocycles. The number of hydrogen-bond donors (Lipinski definition) is 2. The Morgan fingerprint density at radius 1 is 1.39 bits per heavy atom. The molecule has 31 heavy (non-hydrogen) atoms. The Morgan fingerprint density at radius 3 is 2.55 bits per heavy atom. The molecule has 1 unspecified atom stereocenters. The first-order chi connectivity index (χ1) is 14.2. The fourth-order valence-corrected chi connectivity index (χ4v) is 4.59. The highest BCUT2D eigenvalue weighted by Gasteiger charge is 2.86. The first-order valence-electron chi connectivity index (χ1n) is 9.32. The Morgan fingerprint density at radius 2 is 2.03 bits per heavy atom. The van der Waals surface area contributed by atoms with Gasteiger partial charge in [0.25, 0.3) is 27.8 Å². The van der Waals surface area contributed by atoms with Crippen molar-refractivity contribution in [2.75, 3.05) is 5.32 Å². The molecule has 2 aliphatic rings. The van der Waals surface area contributed by atoms with E-state index in [1.54, 1.807) is 0 Å². The normalized spacial score (nSPS) is 21.2. The molecule has 1 amide bonds. The van der Waals surface area contributed by atoms with Crippen LogP contribution in [-0.2, 0) is 22.5 Å². The molecule has 3 N–H and O–H groups in total. The van der Waals surface area contributed by atoms with E-state index in [-0.39, 0.29) is 23.5 Å². The number of amides is 1. The minimum Gasteiger partial charge on any atom is -0.321 e. The zero-order valence-electron chi connectivity index (χ0n) is 16.5. The Hall–Kier alpha value is -2.54. The van der Waals surface area contributed by atoms with Crippen LogP contribution in [0.5, 0.6) is 0 Å². The van der Waals surface area contributed by atoms with Crippen molar-refractivity contribution in [1.82, 2.24) is 14.8 Å². The average Bonchev–Trinajstić information content (AvgIpc) is 3.46. The number of carbonyl (C=O) groups is 1. The molecule has 0 aromatic carbocycles. The second kappa shape index (κ2) is 6.48. The molecule has 8 nitrogen and oxygen atoms in total. The number of sulfonamides is 1. The van der Waals surface area contributed by atoms with Gasteiger partial charge in [0.05, 0.1) is 12.5 Å². The molecular formula is C18H19F4N5O3S. The van der Waals surface area contributed by atoms with E-state index < -0.39 is 49.8 Å². The summed E-state index contributed by atoms with van der Waals surface area (Å²) in [5.74, 6) is -8.31. The SMILES string of the molecule is Cc1c(C(C)(F)F)nn(CC2C(F)(F)C23CC3)c1C(=O)Nc1ccnc(S(N)(=O)=O)c1. The summed E-state index contributed by atoms with van der Waals surface area (Å²) in [7, 11) is -4.15. The fraction of sp³-hybridized carbons (Fsp3) is 0.500. The van der Waals surface area contributed by atoms with Gasteiger partial charge in [-0.1, -0.05) is 0 Å². The Bertz CT molecular complexity index is 1180. The van der Waals surface area contributed by atoms with Crippen molar-refractivity contribution in [2.45, 2.75) is 50.1 Å². The van der Waals surface area contributed by atoms with Gasteiger partial charge in [0.15, 0.2) is 5.03 Å². The Labute approximate surface area is 174 Å². The summed E-state index contributed by atoms with van der Waals surface area (Å²) in [5.41, 5.74) is -2.28. The van der Waals surface area contributed by atoms with Gasteiger partial charge in [0.2, 0.25) is 0 Å². The maximum atomic E-state index is 14.1. The third kappa shape index (κ3) is 3.49. The molecule has 1 spiro atoms. The summed E-state index contributed by atoms with van der Waals surface area (Å²) in [4.78, 5) is 16.5. The number of nitrogens with zero attached hydrogens (tertiary/aromatic N) is 3. The smallest absolute Gasteiger partial charge is 0.289 e. The maximum absolute atomic E-state index is 14.1. The number of alkyl halides is 4. The zero-order valence-corrected chi connectivity index (χ0v) is 17.3. The molecule has 0 aliphatic heterocycles. The lowest BCUT2D eigenvalue weighted by molar-refractivity contribution is 0.0113.